The number of nitrogens with zero attached hydrogens (tertiary/aromatic N) is 1. The predicted molar refractivity (Wildman–Crippen MR) is 120 cm³/mol. The van der Waals surface area contributed by atoms with E-state index >= 15 is 0 Å². The van der Waals surface area contributed by atoms with Crippen molar-refractivity contribution >= 4 is 11.8 Å². The zero-order chi connectivity index (χ0) is 21.9. The van der Waals surface area contributed by atoms with E-state index in [2.05, 4.69) is 5.32 Å². The third-order valence-electron chi connectivity index (χ3n) is 5.36. The van der Waals surface area contributed by atoms with Gasteiger partial charge in [-0.3, -0.25) is 9.59 Å². The van der Waals surface area contributed by atoms with Crippen molar-refractivity contribution in [2.45, 2.75) is 45.1 Å². The number of benzene rings is 2. The fraction of sp³-hybridized carbons (Fsp3) is 0.440. The molecule has 1 aliphatic heterocycles. The second-order valence-electron chi connectivity index (χ2n) is 7.74. The lowest BCUT2D eigenvalue weighted by atomic mass is 10.0. The number of piperidine rings is 1. The summed E-state index contributed by atoms with van der Waals surface area (Å²) in [5.41, 5.74) is 0.964. The Kier molecular flexibility index (Phi) is 8.76. The molecule has 1 fully saturated rings. The first-order chi connectivity index (χ1) is 15.1. The van der Waals surface area contributed by atoms with E-state index in [4.69, 9.17) is 9.47 Å². The van der Waals surface area contributed by atoms with E-state index in [9.17, 15) is 9.59 Å². The molecule has 31 heavy (non-hydrogen) atoms. The molecule has 6 heteroatoms. The van der Waals surface area contributed by atoms with E-state index in [1.54, 1.807) is 0 Å². The highest BCUT2D eigenvalue weighted by Gasteiger charge is 2.23. The molecule has 0 atom stereocenters. The second-order valence-corrected chi connectivity index (χ2v) is 7.74. The molecule has 2 amide bonds. The highest BCUT2D eigenvalue weighted by Crippen LogP contribution is 2.15. The average Bonchev–Trinajstić information content (AvgIpc) is 2.79. The highest BCUT2D eigenvalue weighted by atomic mass is 16.5. The van der Waals surface area contributed by atoms with Crippen LogP contribution in [0.3, 0.4) is 0 Å². The van der Waals surface area contributed by atoms with Crippen molar-refractivity contribution in [1.29, 1.82) is 0 Å². The van der Waals surface area contributed by atoms with E-state index < -0.39 is 0 Å². The molecule has 3 rings (SSSR count). The SMILES string of the molecule is CCOc1ccc(CC(=O)NC2CCN(C(=O)CCCOc3ccccc3)CC2)cc1. The van der Waals surface area contributed by atoms with Gasteiger partial charge < -0.3 is 19.7 Å². The highest BCUT2D eigenvalue weighted by molar-refractivity contribution is 5.79. The number of rotatable bonds is 10. The number of ether oxygens (including phenoxy) is 2. The number of hydrogen-bond acceptors (Lipinski definition) is 4. The third kappa shape index (κ3) is 7.63. The van der Waals surface area contributed by atoms with Gasteiger partial charge in [0.2, 0.25) is 11.8 Å². The Bertz CT molecular complexity index is 815. The second kappa shape index (κ2) is 12.0. The van der Waals surface area contributed by atoms with Gasteiger partial charge in [0.05, 0.1) is 19.6 Å². The van der Waals surface area contributed by atoms with Crippen molar-refractivity contribution in [3.8, 4) is 11.5 Å². The van der Waals surface area contributed by atoms with E-state index in [1.165, 1.54) is 0 Å². The number of amides is 2. The normalized spacial score (nSPS) is 14.2. The van der Waals surface area contributed by atoms with Gasteiger partial charge in [0, 0.05) is 25.6 Å². The Morgan fingerprint density at radius 2 is 1.65 bits per heavy atom. The van der Waals surface area contributed by atoms with Gasteiger partial charge in [-0.05, 0) is 56.0 Å². The molecule has 0 saturated carbocycles. The van der Waals surface area contributed by atoms with Gasteiger partial charge in [0.1, 0.15) is 11.5 Å². The van der Waals surface area contributed by atoms with Crippen molar-refractivity contribution in [2.24, 2.45) is 0 Å². The van der Waals surface area contributed by atoms with Gasteiger partial charge in [0.25, 0.3) is 0 Å². The minimum absolute atomic E-state index is 0.0204. The van der Waals surface area contributed by atoms with Crippen molar-refractivity contribution in [3.63, 3.8) is 0 Å². The van der Waals surface area contributed by atoms with E-state index in [0.717, 1.165) is 29.9 Å². The van der Waals surface area contributed by atoms with Crippen LogP contribution >= 0.6 is 0 Å². The van der Waals surface area contributed by atoms with Crippen LogP contribution < -0.4 is 14.8 Å². The summed E-state index contributed by atoms with van der Waals surface area (Å²) < 4.78 is 11.1. The van der Waals surface area contributed by atoms with Gasteiger partial charge in [-0.25, -0.2) is 0 Å². The van der Waals surface area contributed by atoms with Gasteiger partial charge in [0.15, 0.2) is 0 Å². The van der Waals surface area contributed by atoms with Crippen LogP contribution in [-0.2, 0) is 16.0 Å². The average molecular weight is 425 g/mol. The number of carbonyl (C=O) groups is 2. The minimum Gasteiger partial charge on any atom is -0.494 e. The lowest BCUT2D eigenvalue weighted by Gasteiger charge is -2.32. The topological polar surface area (TPSA) is 67.9 Å². The Morgan fingerprint density at radius 1 is 0.968 bits per heavy atom. The summed E-state index contributed by atoms with van der Waals surface area (Å²) in [6.07, 6.45) is 3.13. The molecule has 2 aromatic rings. The molecule has 0 spiro atoms. The first-order valence-corrected chi connectivity index (χ1v) is 11.1. The summed E-state index contributed by atoms with van der Waals surface area (Å²) in [5.74, 6) is 1.83. The number of para-hydroxylation sites is 1. The number of carbonyl (C=O) groups excluding carboxylic acids is 2. The summed E-state index contributed by atoms with van der Waals surface area (Å²) in [6.45, 7) is 4.48. The molecule has 0 aromatic heterocycles. The summed E-state index contributed by atoms with van der Waals surface area (Å²) in [7, 11) is 0. The Morgan fingerprint density at radius 3 is 2.32 bits per heavy atom. The first-order valence-electron chi connectivity index (χ1n) is 11.1. The van der Waals surface area contributed by atoms with Gasteiger partial charge in [-0.2, -0.15) is 0 Å². The van der Waals surface area contributed by atoms with E-state index in [1.807, 2.05) is 66.4 Å². The van der Waals surface area contributed by atoms with Crippen molar-refractivity contribution in [2.75, 3.05) is 26.3 Å². The van der Waals surface area contributed by atoms with Crippen molar-refractivity contribution in [1.82, 2.24) is 10.2 Å². The minimum atomic E-state index is 0.0204. The van der Waals surface area contributed by atoms with Crippen LogP contribution in [0, 0.1) is 0 Å². The monoisotopic (exact) mass is 424 g/mol. The molecule has 0 unspecified atom stereocenters. The molecule has 1 saturated heterocycles. The fourth-order valence-electron chi connectivity index (χ4n) is 3.70. The predicted octanol–water partition coefficient (Wildman–Crippen LogP) is 3.59. The standard InChI is InChI=1S/C25H32N2O4/c1-2-30-23-12-10-20(11-13-23)19-24(28)26-21-14-16-27(17-15-21)25(29)9-6-18-31-22-7-4-3-5-8-22/h3-5,7-8,10-13,21H,2,6,9,14-19H2,1H3,(H,26,28). The quantitative estimate of drug-likeness (QED) is 0.592. The summed E-state index contributed by atoms with van der Waals surface area (Å²) in [4.78, 5) is 26.7. The summed E-state index contributed by atoms with van der Waals surface area (Å²) in [5, 5.41) is 3.11. The number of nitrogens with one attached hydrogen (secondary N) is 1. The van der Waals surface area contributed by atoms with Crippen LogP contribution in [-0.4, -0.2) is 49.1 Å². The van der Waals surface area contributed by atoms with Crippen LogP contribution in [0.2, 0.25) is 0 Å². The summed E-state index contributed by atoms with van der Waals surface area (Å²) in [6, 6.07) is 17.4. The molecule has 1 heterocycles. The van der Waals surface area contributed by atoms with E-state index in [0.29, 0.717) is 45.6 Å². The number of likely N-dealkylation sites (tertiary alicyclic amines) is 1. The van der Waals surface area contributed by atoms with Crippen LogP contribution in [0.5, 0.6) is 11.5 Å². The molecule has 2 aromatic carbocycles. The van der Waals surface area contributed by atoms with Crippen LogP contribution in [0.4, 0.5) is 0 Å². The van der Waals surface area contributed by atoms with Crippen molar-refractivity contribution in [3.05, 3.63) is 60.2 Å². The maximum atomic E-state index is 12.4. The zero-order valence-electron chi connectivity index (χ0n) is 18.2. The van der Waals surface area contributed by atoms with Crippen LogP contribution in [0.15, 0.2) is 54.6 Å². The van der Waals surface area contributed by atoms with Crippen LogP contribution in [0.25, 0.3) is 0 Å². The first kappa shape index (κ1) is 22.7. The van der Waals surface area contributed by atoms with E-state index in [-0.39, 0.29) is 17.9 Å². The Labute approximate surface area is 184 Å². The lowest BCUT2D eigenvalue weighted by molar-refractivity contribution is -0.132. The smallest absolute Gasteiger partial charge is 0.224 e. The largest absolute Gasteiger partial charge is 0.494 e. The van der Waals surface area contributed by atoms with Gasteiger partial charge >= 0.3 is 0 Å². The third-order valence-corrected chi connectivity index (χ3v) is 5.36. The molecule has 0 radical (unpaired) electrons. The van der Waals surface area contributed by atoms with Gasteiger partial charge in [-0.1, -0.05) is 30.3 Å². The molecule has 166 valence electrons. The molecule has 1 N–H and O–H groups in total. The van der Waals surface area contributed by atoms with Crippen molar-refractivity contribution < 1.29 is 19.1 Å². The van der Waals surface area contributed by atoms with Crippen LogP contribution in [0.1, 0.15) is 38.2 Å². The lowest BCUT2D eigenvalue weighted by Crippen LogP contribution is -2.46. The maximum absolute atomic E-state index is 12.4. The molecule has 1 aliphatic rings. The fourth-order valence-corrected chi connectivity index (χ4v) is 3.70. The zero-order valence-corrected chi connectivity index (χ0v) is 18.2. The Hall–Kier alpha value is -3.02. The molecule has 0 bridgehead atoms. The Balaban J connectivity index is 1.31. The van der Waals surface area contributed by atoms with Gasteiger partial charge in [-0.15, -0.1) is 0 Å². The summed E-state index contributed by atoms with van der Waals surface area (Å²) >= 11 is 0. The molecule has 0 aliphatic carbocycles. The maximum Gasteiger partial charge on any atom is 0.224 e. The molecular weight excluding hydrogens is 392 g/mol. The number of hydrogen-bond donors (Lipinski definition) is 1. The molecule has 6 nitrogen and oxygen atoms in total. The molecular formula is C25H32N2O4.